The number of hydrogen-bond donors (Lipinski definition) is 0. The summed E-state index contributed by atoms with van der Waals surface area (Å²) >= 11 is 0. The molecule has 1 aliphatic heterocycles. The number of halogens is 3. The van der Waals surface area contributed by atoms with Crippen LogP contribution in [0.25, 0.3) is 0 Å². The standard InChI is InChI=1S/C25H31F3N2O2/c1-5-7-19-20(17-10-12-18(32-4)13-11-17)16-21-22(25(26,27)28)8-6-9-23(21)30(24(19)31)15-14-29(2)3/h6,8-13,19-20H,5,7,14-16H2,1-4H3/t19-,20+/m1/s1. The molecule has 2 atom stereocenters. The number of benzene rings is 2. The van der Waals surface area contributed by atoms with Crippen molar-refractivity contribution >= 4 is 11.6 Å². The normalized spacial score (nSPS) is 19.1. The van der Waals surface area contributed by atoms with Crippen LogP contribution < -0.4 is 9.64 Å². The van der Waals surface area contributed by atoms with Crippen molar-refractivity contribution in [1.82, 2.24) is 4.90 Å². The molecule has 174 valence electrons. The van der Waals surface area contributed by atoms with E-state index in [1.807, 2.05) is 38.1 Å². The molecule has 3 rings (SSSR count). The fraction of sp³-hybridized carbons (Fsp3) is 0.480. The third kappa shape index (κ3) is 5.09. The Kier molecular flexibility index (Phi) is 7.49. The van der Waals surface area contributed by atoms with E-state index in [2.05, 4.69) is 0 Å². The van der Waals surface area contributed by atoms with E-state index in [0.717, 1.165) is 18.1 Å². The van der Waals surface area contributed by atoms with E-state index in [4.69, 9.17) is 4.74 Å². The van der Waals surface area contributed by atoms with Gasteiger partial charge >= 0.3 is 6.18 Å². The van der Waals surface area contributed by atoms with Gasteiger partial charge in [-0.2, -0.15) is 13.2 Å². The van der Waals surface area contributed by atoms with E-state index in [9.17, 15) is 18.0 Å². The molecule has 0 spiro atoms. The first-order chi connectivity index (χ1) is 15.2. The molecule has 0 saturated heterocycles. The minimum atomic E-state index is -4.49. The summed E-state index contributed by atoms with van der Waals surface area (Å²) in [6, 6.07) is 11.5. The van der Waals surface area contributed by atoms with Crippen LogP contribution in [-0.4, -0.2) is 45.1 Å². The van der Waals surface area contributed by atoms with Gasteiger partial charge in [0.1, 0.15) is 5.75 Å². The summed E-state index contributed by atoms with van der Waals surface area (Å²) in [5, 5.41) is 0. The molecule has 0 N–H and O–H groups in total. The number of fused-ring (bicyclic) bond motifs is 1. The number of alkyl halides is 3. The lowest BCUT2D eigenvalue weighted by Crippen LogP contribution is -2.41. The van der Waals surface area contributed by atoms with Crippen LogP contribution >= 0.6 is 0 Å². The molecular formula is C25H31F3N2O2. The third-order valence-corrected chi connectivity index (χ3v) is 6.15. The van der Waals surface area contributed by atoms with E-state index in [1.54, 1.807) is 30.2 Å². The lowest BCUT2D eigenvalue weighted by Gasteiger charge is -2.29. The van der Waals surface area contributed by atoms with E-state index >= 15 is 0 Å². The molecule has 0 bridgehead atoms. The number of hydrogen-bond acceptors (Lipinski definition) is 3. The van der Waals surface area contributed by atoms with Gasteiger partial charge in [0.05, 0.1) is 12.7 Å². The van der Waals surface area contributed by atoms with Gasteiger partial charge in [0.25, 0.3) is 0 Å². The number of nitrogens with zero attached hydrogens (tertiary/aromatic N) is 2. The Balaban J connectivity index is 2.18. The zero-order valence-electron chi connectivity index (χ0n) is 19.1. The maximum atomic E-state index is 14.0. The lowest BCUT2D eigenvalue weighted by atomic mass is 9.79. The molecule has 0 fully saturated rings. The predicted molar refractivity (Wildman–Crippen MR) is 120 cm³/mol. The van der Waals surface area contributed by atoms with E-state index in [0.29, 0.717) is 30.9 Å². The maximum Gasteiger partial charge on any atom is 0.416 e. The number of carbonyl (C=O) groups excluding carboxylic acids is 1. The third-order valence-electron chi connectivity index (χ3n) is 6.15. The van der Waals surface area contributed by atoms with Crippen molar-refractivity contribution in [3.05, 3.63) is 59.2 Å². The number of likely N-dealkylation sites (N-methyl/N-ethyl adjacent to an activating group) is 1. The number of anilines is 1. The van der Waals surface area contributed by atoms with Crippen molar-refractivity contribution in [2.75, 3.05) is 39.2 Å². The molecule has 1 heterocycles. The maximum absolute atomic E-state index is 14.0. The SMILES string of the molecule is CCC[C@H]1C(=O)N(CCN(C)C)c2cccc(C(F)(F)F)c2C[C@H]1c1ccc(OC)cc1. The number of ether oxygens (including phenoxy) is 1. The fourth-order valence-corrected chi connectivity index (χ4v) is 4.53. The van der Waals surface area contributed by atoms with Crippen LogP contribution in [0.4, 0.5) is 18.9 Å². The Morgan fingerprint density at radius 3 is 2.38 bits per heavy atom. The van der Waals surface area contributed by atoms with Gasteiger partial charge in [0, 0.05) is 24.7 Å². The van der Waals surface area contributed by atoms with Crippen LogP contribution in [0.5, 0.6) is 5.75 Å². The highest BCUT2D eigenvalue weighted by atomic mass is 19.4. The highest BCUT2D eigenvalue weighted by Crippen LogP contribution is 2.44. The fourth-order valence-electron chi connectivity index (χ4n) is 4.53. The van der Waals surface area contributed by atoms with Gasteiger partial charge < -0.3 is 14.5 Å². The average Bonchev–Trinajstić information content (AvgIpc) is 2.86. The molecule has 0 radical (unpaired) electrons. The van der Waals surface area contributed by atoms with Crippen molar-refractivity contribution < 1.29 is 22.7 Å². The van der Waals surface area contributed by atoms with E-state index in [1.165, 1.54) is 6.07 Å². The summed E-state index contributed by atoms with van der Waals surface area (Å²) in [6.07, 6.45) is -2.95. The van der Waals surface area contributed by atoms with Crippen LogP contribution in [0.1, 0.15) is 42.4 Å². The highest BCUT2D eigenvalue weighted by molar-refractivity contribution is 5.97. The number of methoxy groups -OCH3 is 1. The van der Waals surface area contributed by atoms with Crippen LogP contribution in [0.2, 0.25) is 0 Å². The summed E-state index contributed by atoms with van der Waals surface area (Å²) in [4.78, 5) is 17.3. The quantitative estimate of drug-likeness (QED) is 0.571. The smallest absolute Gasteiger partial charge is 0.416 e. The topological polar surface area (TPSA) is 32.8 Å². The first-order valence-corrected chi connectivity index (χ1v) is 11.0. The van der Waals surface area contributed by atoms with Gasteiger partial charge in [0.2, 0.25) is 5.91 Å². The monoisotopic (exact) mass is 448 g/mol. The minimum Gasteiger partial charge on any atom is -0.497 e. The summed E-state index contributed by atoms with van der Waals surface area (Å²) < 4.78 is 47.2. The summed E-state index contributed by atoms with van der Waals surface area (Å²) in [5.74, 6) is -0.179. The molecule has 2 aromatic carbocycles. The predicted octanol–water partition coefficient (Wildman–Crippen LogP) is 5.36. The first kappa shape index (κ1) is 24.1. The largest absolute Gasteiger partial charge is 0.497 e. The van der Waals surface area contributed by atoms with Crippen LogP contribution in [0, 0.1) is 5.92 Å². The lowest BCUT2D eigenvalue weighted by molar-refractivity contribution is -0.138. The van der Waals surface area contributed by atoms with Gasteiger partial charge in [-0.1, -0.05) is 31.5 Å². The minimum absolute atomic E-state index is 0.104. The second kappa shape index (κ2) is 9.94. The van der Waals surface area contributed by atoms with Crippen molar-refractivity contribution in [3.63, 3.8) is 0 Å². The van der Waals surface area contributed by atoms with Crippen LogP contribution in [0.3, 0.4) is 0 Å². The van der Waals surface area contributed by atoms with Crippen molar-refractivity contribution in [2.24, 2.45) is 5.92 Å². The second-order valence-electron chi connectivity index (χ2n) is 8.57. The van der Waals surface area contributed by atoms with Gasteiger partial charge in [-0.05, 0) is 68.2 Å². The Labute approximate surface area is 188 Å². The van der Waals surface area contributed by atoms with E-state index < -0.39 is 17.7 Å². The van der Waals surface area contributed by atoms with Gasteiger partial charge in [-0.15, -0.1) is 0 Å². The Bertz CT molecular complexity index is 926. The summed E-state index contributed by atoms with van der Waals surface area (Å²) in [7, 11) is 5.34. The summed E-state index contributed by atoms with van der Waals surface area (Å²) in [5.41, 5.74) is 0.776. The van der Waals surface area contributed by atoms with Gasteiger partial charge in [0.15, 0.2) is 0 Å². The number of amides is 1. The zero-order valence-corrected chi connectivity index (χ0v) is 19.1. The van der Waals surface area contributed by atoms with Crippen molar-refractivity contribution in [3.8, 4) is 5.75 Å². The van der Waals surface area contributed by atoms with Gasteiger partial charge in [-0.3, -0.25) is 4.79 Å². The van der Waals surface area contributed by atoms with Crippen LogP contribution in [0.15, 0.2) is 42.5 Å². The highest BCUT2D eigenvalue weighted by Gasteiger charge is 2.42. The van der Waals surface area contributed by atoms with Crippen LogP contribution in [-0.2, 0) is 17.4 Å². The molecule has 0 aromatic heterocycles. The van der Waals surface area contributed by atoms with Gasteiger partial charge in [-0.25, -0.2) is 0 Å². The second-order valence-corrected chi connectivity index (χ2v) is 8.57. The Morgan fingerprint density at radius 1 is 1.12 bits per heavy atom. The molecule has 0 aliphatic carbocycles. The molecule has 1 amide bonds. The molecule has 0 unspecified atom stereocenters. The van der Waals surface area contributed by atoms with Crippen molar-refractivity contribution in [2.45, 2.75) is 38.3 Å². The molecule has 1 aliphatic rings. The van der Waals surface area contributed by atoms with Crippen molar-refractivity contribution in [1.29, 1.82) is 0 Å². The number of rotatable bonds is 7. The molecule has 32 heavy (non-hydrogen) atoms. The summed E-state index contributed by atoms with van der Waals surface area (Å²) in [6.45, 7) is 2.91. The molecule has 2 aromatic rings. The zero-order chi connectivity index (χ0) is 23.5. The molecule has 7 heteroatoms. The molecular weight excluding hydrogens is 417 g/mol. The average molecular weight is 449 g/mol. The van der Waals surface area contributed by atoms with E-state index in [-0.39, 0.29) is 23.8 Å². The molecule has 4 nitrogen and oxygen atoms in total. The Morgan fingerprint density at radius 2 is 1.81 bits per heavy atom. The number of carbonyl (C=O) groups is 1. The Hall–Kier alpha value is -2.54. The first-order valence-electron chi connectivity index (χ1n) is 11.0. The molecule has 0 saturated carbocycles.